The molecule has 3 N–H and O–H groups in total. The number of benzene rings is 2. The molecule has 168 valence electrons. The number of aryl methyl sites for hydroxylation is 1. The summed E-state index contributed by atoms with van der Waals surface area (Å²) in [5, 5.41) is 13.6. The smallest absolute Gasteiger partial charge is 0.270 e. The Hall–Kier alpha value is -3.71. The number of hydrogen-bond acceptors (Lipinski definition) is 4. The standard InChI is InChI=1S/C26H26N4O3/c1-16-6-7-17-13-24(29-22(17)12-16)26(33)30-10-8-18(15-30)23-14-20(25(32)27-9-11-31)19-4-2-3-5-21(19)28-23/h2-7,12-14,18,29,31H,8-11,15H2,1H3,(H,27,32). The average molecular weight is 443 g/mol. The Morgan fingerprint density at radius 1 is 1.18 bits per heavy atom. The highest BCUT2D eigenvalue weighted by Gasteiger charge is 2.30. The lowest BCUT2D eigenvalue weighted by Crippen LogP contribution is -2.29. The van der Waals surface area contributed by atoms with Crippen LogP contribution in [0.3, 0.4) is 0 Å². The lowest BCUT2D eigenvalue weighted by molar-refractivity contribution is 0.0785. The zero-order valence-corrected chi connectivity index (χ0v) is 18.5. The van der Waals surface area contributed by atoms with E-state index in [-0.39, 0.29) is 30.9 Å². The summed E-state index contributed by atoms with van der Waals surface area (Å²) in [7, 11) is 0. The Bertz CT molecular complexity index is 1360. The van der Waals surface area contributed by atoms with Crippen molar-refractivity contribution in [3.8, 4) is 0 Å². The minimum atomic E-state index is -0.233. The maximum Gasteiger partial charge on any atom is 0.270 e. The van der Waals surface area contributed by atoms with Crippen LogP contribution in [-0.4, -0.2) is 58.0 Å². The monoisotopic (exact) mass is 442 g/mol. The number of nitrogens with zero attached hydrogens (tertiary/aromatic N) is 2. The Labute approximate surface area is 191 Å². The van der Waals surface area contributed by atoms with Gasteiger partial charge in [0.05, 0.1) is 17.7 Å². The molecule has 7 heteroatoms. The van der Waals surface area contributed by atoms with Crippen LogP contribution in [-0.2, 0) is 0 Å². The second kappa shape index (κ2) is 8.67. The molecule has 33 heavy (non-hydrogen) atoms. The molecule has 5 rings (SSSR count). The fourth-order valence-electron chi connectivity index (χ4n) is 4.57. The summed E-state index contributed by atoms with van der Waals surface area (Å²) >= 11 is 0. The third kappa shape index (κ3) is 4.07. The summed E-state index contributed by atoms with van der Waals surface area (Å²) in [6.07, 6.45) is 0.786. The Morgan fingerprint density at radius 3 is 2.88 bits per heavy atom. The lowest BCUT2D eigenvalue weighted by Gasteiger charge is -2.16. The second-order valence-electron chi connectivity index (χ2n) is 8.60. The number of carbonyl (C=O) groups is 2. The number of carbonyl (C=O) groups excluding carboxylic acids is 2. The van der Waals surface area contributed by atoms with Crippen LogP contribution in [0.2, 0.25) is 0 Å². The van der Waals surface area contributed by atoms with Crippen LogP contribution in [0.4, 0.5) is 0 Å². The van der Waals surface area contributed by atoms with Gasteiger partial charge in [-0.1, -0.05) is 30.3 Å². The molecule has 1 aliphatic heterocycles. The van der Waals surface area contributed by atoms with E-state index in [1.54, 1.807) is 0 Å². The van der Waals surface area contributed by atoms with Gasteiger partial charge in [0, 0.05) is 47.5 Å². The van der Waals surface area contributed by atoms with E-state index in [0.29, 0.717) is 24.3 Å². The molecule has 0 radical (unpaired) electrons. The minimum absolute atomic E-state index is 0.0203. The molecule has 0 bridgehead atoms. The molecule has 1 saturated heterocycles. The van der Waals surface area contributed by atoms with Crippen LogP contribution in [0.15, 0.2) is 54.6 Å². The number of aliphatic hydroxyl groups is 1. The average Bonchev–Trinajstić information content (AvgIpc) is 3.48. The predicted octanol–water partition coefficient (Wildman–Crippen LogP) is 3.38. The largest absolute Gasteiger partial charge is 0.395 e. The molecule has 0 saturated carbocycles. The van der Waals surface area contributed by atoms with E-state index in [9.17, 15) is 9.59 Å². The fourth-order valence-corrected chi connectivity index (χ4v) is 4.57. The van der Waals surface area contributed by atoms with Crippen LogP contribution >= 0.6 is 0 Å². The molecular weight excluding hydrogens is 416 g/mol. The molecule has 1 fully saturated rings. The van der Waals surface area contributed by atoms with Crippen molar-refractivity contribution in [2.75, 3.05) is 26.2 Å². The zero-order chi connectivity index (χ0) is 22.9. The number of hydrogen-bond donors (Lipinski definition) is 3. The highest BCUT2D eigenvalue weighted by molar-refractivity contribution is 6.06. The van der Waals surface area contributed by atoms with Crippen molar-refractivity contribution in [3.63, 3.8) is 0 Å². The molecule has 0 aliphatic carbocycles. The summed E-state index contributed by atoms with van der Waals surface area (Å²) < 4.78 is 0. The van der Waals surface area contributed by atoms with Crippen molar-refractivity contribution in [1.82, 2.24) is 20.2 Å². The number of pyridine rings is 1. The van der Waals surface area contributed by atoms with Gasteiger partial charge in [0.1, 0.15) is 5.69 Å². The zero-order valence-electron chi connectivity index (χ0n) is 18.5. The number of amides is 2. The van der Waals surface area contributed by atoms with Gasteiger partial charge in [-0.25, -0.2) is 0 Å². The minimum Gasteiger partial charge on any atom is -0.395 e. The molecule has 1 aliphatic rings. The fraction of sp³-hybridized carbons (Fsp3) is 0.269. The Morgan fingerprint density at radius 2 is 2.03 bits per heavy atom. The van der Waals surface area contributed by atoms with Crippen LogP contribution in [0.25, 0.3) is 21.8 Å². The maximum atomic E-state index is 13.2. The summed E-state index contributed by atoms with van der Waals surface area (Å²) in [6.45, 7) is 3.30. The number of fused-ring (bicyclic) bond motifs is 2. The van der Waals surface area contributed by atoms with Gasteiger partial charge in [-0.15, -0.1) is 0 Å². The SMILES string of the molecule is Cc1ccc2cc(C(=O)N3CCC(c4cc(C(=O)NCCO)c5ccccc5n4)C3)[nH]c2c1. The van der Waals surface area contributed by atoms with E-state index in [1.807, 2.05) is 66.4 Å². The number of rotatable bonds is 5. The number of para-hydroxylation sites is 1. The highest BCUT2D eigenvalue weighted by Crippen LogP contribution is 2.30. The molecule has 1 atom stereocenters. The van der Waals surface area contributed by atoms with Crippen LogP contribution in [0, 0.1) is 6.92 Å². The summed E-state index contributed by atoms with van der Waals surface area (Å²) in [5.41, 5.74) is 4.80. The quantitative estimate of drug-likeness (QED) is 0.441. The van der Waals surface area contributed by atoms with E-state index < -0.39 is 0 Å². The second-order valence-corrected chi connectivity index (χ2v) is 8.60. The predicted molar refractivity (Wildman–Crippen MR) is 127 cm³/mol. The lowest BCUT2D eigenvalue weighted by atomic mass is 9.99. The Kier molecular flexibility index (Phi) is 5.56. The molecule has 3 heterocycles. The maximum absolute atomic E-state index is 13.2. The topological polar surface area (TPSA) is 98.3 Å². The van der Waals surface area contributed by atoms with Gasteiger partial charge >= 0.3 is 0 Å². The molecule has 7 nitrogen and oxygen atoms in total. The van der Waals surface area contributed by atoms with Crippen molar-refractivity contribution < 1.29 is 14.7 Å². The van der Waals surface area contributed by atoms with Gasteiger partial charge in [0.2, 0.25) is 0 Å². The van der Waals surface area contributed by atoms with Crippen molar-refractivity contribution in [3.05, 3.63) is 77.1 Å². The Balaban J connectivity index is 1.40. The van der Waals surface area contributed by atoms with E-state index in [4.69, 9.17) is 10.1 Å². The first kappa shape index (κ1) is 21.2. The van der Waals surface area contributed by atoms with Crippen LogP contribution in [0.5, 0.6) is 0 Å². The molecule has 2 amide bonds. The number of aromatic amines is 1. The van der Waals surface area contributed by atoms with Gasteiger partial charge in [-0.3, -0.25) is 14.6 Å². The molecule has 2 aromatic heterocycles. The highest BCUT2D eigenvalue weighted by atomic mass is 16.3. The number of aromatic nitrogens is 2. The van der Waals surface area contributed by atoms with Gasteiger partial charge in [-0.05, 0) is 43.2 Å². The molecule has 1 unspecified atom stereocenters. The third-order valence-electron chi connectivity index (χ3n) is 6.28. The first-order valence-corrected chi connectivity index (χ1v) is 11.2. The number of H-pyrrole nitrogens is 1. The summed E-state index contributed by atoms with van der Waals surface area (Å²) in [4.78, 5) is 35.8. The molecular formula is C26H26N4O3. The molecule has 2 aromatic carbocycles. The van der Waals surface area contributed by atoms with E-state index in [1.165, 1.54) is 0 Å². The normalized spacial score (nSPS) is 15.9. The van der Waals surface area contributed by atoms with E-state index in [0.717, 1.165) is 39.5 Å². The van der Waals surface area contributed by atoms with Crippen molar-refractivity contribution >= 4 is 33.6 Å². The van der Waals surface area contributed by atoms with Gasteiger partial charge < -0.3 is 20.3 Å². The van der Waals surface area contributed by atoms with Crippen molar-refractivity contribution in [2.45, 2.75) is 19.3 Å². The van der Waals surface area contributed by atoms with Crippen molar-refractivity contribution in [1.29, 1.82) is 0 Å². The first-order chi connectivity index (χ1) is 16.0. The number of likely N-dealkylation sites (tertiary alicyclic amines) is 1. The van der Waals surface area contributed by atoms with Crippen molar-refractivity contribution in [2.24, 2.45) is 0 Å². The number of aliphatic hydroxyl groups excluding tert-OH is 1. The van der Waals surface area contributed by atoms with Crippen LogP contribution < -0.4 is 5.32 Å². The number of nitrogens with one attached hydrogen (secondary N) is 2. The van der Waals surface area contributed by atoms with Gasteiger partial charge in [0.15, 0.2) is 0 Å². The van der Waals surface area contributed by atoms with E-state index in [2.05, 4.69) is 10.3 Å². The van der Waals surface area contributed by atoms with Gasteiger partial charge in [0.25, 0.3) is 11.8 Å². The molecule has 0 spiro atoms. The summed E-state index contributed by atoms with van der Waals surface area (Å²) in [6, 6.07) is 17.4. The van der Waals surface area contributed by atoms with Crippen LogP contribution in [0.1, 0.15) is 44.4 Å². The summed E-state index contributed by atoms with van der Waals surface area (Å²) in [5.74, 6) is -0.203. The van der Waals surface area contributed by atoms with E-state index >= 15 is 0 Å². The van der Waals surface area contributed by atoms with Gasteiger partial charge in [-0.2, -0.15) is 0 Å². The molecule has 4 aromatic rings. The first-order valence-electron chi connectivity index (χ1n) is 11.2. The third-order valence-corrected chi connectivity index (χ3v) is 6.28.